The number of nitrogens with zero attached hydrogens (tertiary/aromatic N) is 1. The van der Waals surface area contributed by atoms with Gasteiger partial charge in [-0.05, 0) is 43.2 Å². The number of rotatable bonds is 4. The molecule has 0 bridgehead atoms. The first-order valence-electron chi connectivity index (χ1n) is 7.72. The fraction of sp³-hybridized carbons (Fsp3) is 0.158. The number of aromatic amines is 1. The zero-order chi connectivity index (χ0) is 17.1. The van der Waals surface area contributed by atoms with Gasteiger partial charge in [0.1, 0.15) is 11.4 Å². The van der Waals surface area contributed by atoms with Gasteiger partial charge in [0, 0.05) is 12.1 Å². The van der Waals surface area contributed by atoms with Gasteiger partial charge in [0.15, 0.2) is 0 Å². The van der Waals surface area contributed by atoms with Gasteiger partial charge in [-0.25, -0.2) is 0 Å². The van der Waals surface area contributed by atoms with Crippen molar-refractivity contribution < 1.29 is 9.90 Å². The van der Waals surface area contributed by atoms with Crippen molar-refractivity contribution in [3.05, 3.63) is 70.9 Å². The number of phenolic OH excluding ortho intramolecular Hbond substituents is 1. The molecule has 24 heavy (non-hydrogen) atoms. The molecule has 0 fully saturated rings. The molecule has 3 N–H and O–H groups in total. The Hall–Kier alpha value is -3.08. The molecule has 0 radical (unpaired) electrons. The molecule has 1 amide bonds. The highest BCUT2D eigenvalue weighted by molar-refractivity contribution is 5.93. The number of carbonyl (C=O) groups is 1. The summed E-state index contributed by atoms with van der Waals surface area (Å²) < 4.78 is 0. The van der Waals surface area contributed by atoms with Crippen LogP contribution in [0.5, 0.6) is 5.75 Å². The first-order chi connectivity index (χ1) is 11.5. The van der Waals surface area contributed by atoms with E-state index in [4.69, 9.17) is 0 Å². The van der Waals surface area contributed by atoms with E-state index in [-0.39, 0.29) is 11.7 Å². The third-order valence-corrected chi connectivity index (χ3v) is 3.83. The Morgan fingerprint density at radius 1 is 1.08 bits per heavy atom. The topological polar surface area (TPSA) is 78.0 Å². The second kappa shape index (κ2) is 6.58. The van der Waals surface area contributed by atoms with E-state index >= 15 is 0 Å². The summed E-state index contributed by atoms with van der Waals surface area (Å²) in [5.74, 6) is -0.0889. The van der Waals surface area contributed by atoms with E-state index in [0.29, 0.717) is 23.5 Å². The SMILES string of the molecule is Cc1ccc(CNC(=O)c2cc(-c3ccc(C)cc3O)n[nH]2)cc1. The van der Waals surface area contributed by atoms with E-state index in [1.807, 2.05) is 44.2 Å². The largest absolute Gasteiger partial charge is 0.507 e. The predicted molar refractivity (Wildman–Crippen MR) is 92.8 cm³/mol. The molecule has 122 valence electrons. The quantitative estimate of drug-likeness (QED) is 0.690. The fourth-order valence-corrected chi connectivity index (χ4v) is 2.42. The summed E-state index contributed by atoms with van der Waals surface area (Å²) in [4.78, 5) is 12.2. The molecular weight excluding hydrogens is 302 g/mol. The molecule has 0 spiro atoms. The monoisotopic (exact) mass is 321 g/mol. The summed E-state index contributed by atoms with van der Waals surface area (Å²) in [6, 6.07) is 15.0. The summed E-state index contributed by atoms with van der Waals surface area (Å²) in [5.41, 5.74) is 4.66. The average molecular weight is 321 g/mol. The molecule has 5 heteroatoms. The predicted octanol–water partition coefficient (Wildman–Crippen LogP) is 3.33. The highest BCUT2D eigenvalue weighted by Crippen LogP contribution is 2.28. The third-order valence-electron chi connectivity index (χ3n) is 3.83. The zero-order valence-corrected chi connectivity index (χ0v) is 13.6. The van der Waals surface area contributed by atoms with Crippen molar-refractivity contribution in [1.82, 2.24) is 15.5 Å². The molecular formula is C19H19N3O2. The number of hydrogen-bond acceptors (Lipinski definition) is 3. The Morgan fingerprint density at radius 3 is 2.50 bits per heavy atom. The second-order valence-corrected chi connectivity index (χ2v) is 5.86. The van der Waals surface area contributed by atoms with Crippen LogP contribution in [0.15, 0.2) is 48.5 Å². The standard InChI is InChI=1S/C19H19N3O2/c1-12-3-6-14(7-4-12)11-20-19(24)17-10-16(21-22-17)15-8-5-13(2)9-18(15)23/h3-10,23H,11H2,1-2H3,(H,20,24)(H,21,22). The number of carbonyl (C=O) groups excluding carboxylic acids is 1. The highest BCUT2D eigenvalue weighted by atomic mass is 16.3. The number of nitrogens with one attached hydrogen (secondary N) is 2. The summed E-state index contributed by atoms with van der Waals surface area (Å²) >= 11 is 0. The van der Waals surface area contributed by atoms with Gasteiger partial charge in [-0.2, -0.15) is 5.10 Å². The number of amides is 1. The average Bonchev–Trinajstić information content (AvgIpc) is 3.04. The van der Waals surface area contributed by atoms with E-state index in [1.54, 1.807) is 18.2 Å². The second-order valence-electron chi connectivity index (χ2n) is 5.86. The molecule has 3 rings (SSSR count). The fourth-order valence-electron chi connectivity index (χ4n) is 2.42. The minimum Gasteiger partial charge on any atom is -0.507 e. The molecule has 5 nitrogen and oxygen atoms in total. The van der Waals surface area contributed by atoms with Crippen molar-refractivity contribution in [2.24, 2.45) is 0 Å². The highest BCUT2D eigenvalue weighted by Gasteiger charge is 2.13. The number of aryl methyl sites for hydroxylation is 2. The number of H-pyrrole nitrogens is 1. The summed E-state index contributed by atoms with van der Waals surface area (Å²) in [5, 5.41) is 19.7. The molecule has 0 aliphatic heterocycles. The maximum atomic E-state index is 12.2. The normalized spacial score (nSPS) is 10.6. The number of aromatic hydroxyl groups is 1. The van der Waals surface area contributed by atoms with Crippen molar-refractivity contribution in [2.45, 2.75) is 20.4 Å². The van der Waals surface area contributed by atoms with Gasteiger partial charge in [0.2, 0.25) is 0 Å². The molecule has 3 aromatic rings. The Bertz CT molecular complexity index is 867. The van der Waals surface area contributed by atoms with Crippen LogP contribution in [-0.4, -0.2) is 21.2 Å². The minimum absolute atomic E-state index is 0.146. The van der Waals surface area contributed by atoms with Crippen LogP contribution >= 0.6 is 0 Å². The van der Waals surface area contributed by atoms with Gasteiger partial charge >= 0.3 is 0 Å². The van der Waals surface area contributed by atoms with Gasteiger partial charge < -0.3 is 10.4 Å². The van der Waals surface area contributed by atoms with Crippen LogP contribution in [0.3, 0.4) is 0 Å². The van der Waals surface area contributed by atoms with Crippen molar-refractivity contribution in [2.75, 3.05) is 0 Å². The van der Waals surface area contributed by atoms with Crippen LogP contribution in [0.4, 0.5) is 0 Å². The van der Waals surface area contributed by atoms with Gasteiger partial charge in [-0.15, -0.1) is 0 Å². The molecule has 1 heterocycles. The van der Waals surface area contributed by atoms with E-state index in [1.165, 1.54) is 5.56 Å². The van der Waals surface area contributed by atoms with Crippen LogP contribution in [0, 0.1) is 13.8 Å². The van der Waals surface area contributed by atoms with Crippen molar-refractivity contribution in [1.29, 1.82) is 0 Å². The van der Waals surface area contributed by atoms with Crippen molar-refractivity contribution in [3.63, 3.8) is 0 Å². The lowest BCUT2D eigenvalue weighted by molar-refractivity contribution is 0.0946. The first kappa shape index (κ1) is 15.8. The van der Waals surface area contributed by atoms with Gasteiger partial charge in [-0.1, -0.05) is 35.9 Å². The van der Waals surface area contributed by atoms with Crippen LogP contribution in [0.2, 0.25) is 0 Å². The lowest BCUT2D eigenvalue weighted by Gasteiger charge is -2.04. The van der Waals surface area contributed by atoms with E-state index in [9.17, 15) is 9.90 Å². The third kappa shape index (κ3) is 3.46. The zero-order valence-electron chi connectivity index (χ0n) is 13.6. The molecule has 2 aromatic carbocycles. The number of hydrogen-bond donors (Lipinski definition) is 3. The van der Waals surface area contributed by atoms with Gasteiger partial charge in [0.25, 0.3) is 5.91 Å². The maximum absolute atomic E-state index is 12.2. The summed E-state index contributed by atoms with van der Waals surface area (Å²) in [6.45, 7) is 4.37. The summed E-state index contributed by atoms with van der Waals surface area (Å²) in [6.07, 6.45) is 0. The van der Waals surface area contributed by atoms with Crippen LogP contribution in [0.1, 0.15) is 27.2 Å². The molecule has 0 saturated heterocycles. The molecule has 1 aromatic heterocycles. The molecule has 0 unspecified atom stereocenters. The first-order valence-corrected chi connectivity index (χ1v) is 7.72. The number of aromatic nitrogens is 2. The number of phenols is 1. The Morgan fingerprint density at radius 2 is 1.79 bits per heavy atom. The number of benzene rings is 2. The smallest absolute Gasteiger partial charge is 0.269 e. The van der Waals surface area contributed by atoms with Crippen LogP contribution < -0.4 is 5.32 Å². The van der Waals surface area contributed by atoms with E-state index in [0.717, 1.165) is 11.1 Å². The molecule has 0 atom stereocenters. The lowest BCUT2D eigenvalue weighted by Crippen LogP contribution is -2.23. The van der Waals surface area contributed by atoms with Crippen molar-refractivity contribution in [3.8, 4) is 17.0 Å². The summed E-state index contributed by atoms with van der Waals surface area (Å²) in [7, 11) is 0. The molecule has 0 aliphatic carbocycles. The minimum atomic E-state index is -0.235. The Balaban J connectivity index is 1.70. The Kier molecular flexibility index (Phi) is 4.33. The van der Waals surface area contributed by atoms with Crippen LogP contribution in [-0.2, 0) is 6.54 Å². The van der Waals surface area contributed by atoms with E-state index < -0.39 is 0 Å². The van der Waals surface area contributed by atoms with Crippen LogP contribution in [0.25, 0.3) is 11.3 Å². The van der Waals surface area contributed by atoms with Gasteiger partial charge in [0.05, 0.1) is 5.69 Å². The van der Waals surface area contributed by atoms with E-state index in [2.05, 4.69) is 15.5 Å². The Labute approximate surface area is 140 Å². The lowest BCUT2D eigenvalue weighted by atomic mass is 10.1. The van der Waals surface area contributed by atoms with Gasteiger partial charge in [-0.3, -0.25) is 9.89 Å². The molecule has 0 aliphatic rings. The molecule has 0 saturated carbocycles. The maximum Gasteiger partial charge on any atom is 0.269 e. The van der Waals surface area contributed by atoms with Crippen molar-refractivity contribution >= 4 is 5.91 Å².